The number of hydrogen-bond acceptors (Lipinski definition) is 2. The van der Waals surface area contributed by atoms with Crippen molar-refractivity contribution in [2.75, 3.05) is 6.61 Å². The molecule has 3 heteroatoms. The van der Waals surface area contributed by atoms with E-state index in [1.54, 1.807) is 0 Å². The Bertz CT molecular complexity index is 21.6. The third-order valence-electron chi connectivity index (χ3n) is 0.0745. The first-order valence-electron chi connectivity index (χ1n) is 0.960. The van der Waals surface area contributed by atoms with Gasteiger partial charge in [0.05, 0.1) is 6.61 Å². The Morgan fingerprint density at radius 2 is 2.00 bits per heavy atom. The van der Waals surface area contributed by atoms with Gasteiger partial charge in [-0.1, -0.05) is 0 Å². The summed E-state index contributed by atoms with van der Waals surface area (Å²) in [5, 5.41) is 7.51. The Kier molecular flexibility index (Phi) is 16.1. The second kappa shape index (κ2) is 8.82. The van der Waals surface area contributed by atoms with Crippen molar-refractivity contribution >= 4 is 32.9 Å². The molecule has 2 nitrogen and oxygen atoms in total. The summed E-state index contributed by atoms with van der Waals surface area (Å²) < 4.78 is 0. The molecule has 5 heavy (non-hydrogen) atoms. The van der Waals surface area contributed by atoms with E-state index in [1.807, 2.05) is 0 Å². The number of carbonyl (C=O) groups is 1. The van der Waals surface area contributed by atoms with E-state index >= 15 is 0 Å². The average Bonchev–Trinajstić information content (AvgIpc) is 1.37. The van der Waals surface area contributed by atoms with Crippen molar-refractivity contribution in [3.8, 4) is 0 Å². The number of aliphatic hydroxyl groups is 1. The van der Waals surface area contributed by atoms with Crippen LogP contribution in [0.25, 0.3) is 0 Å². The maximum atomic E-state index is 8.92. The van der Waals surface area contributed by atoms with Crippen LogP contribution >= 0.6 is 0 Å². The molecule has 0 heterocycles. The van der Waals surface area contributed by atoms with Gasteiger partial charge in [0.2, 0.25) is 0 Å². The monoisotopic (exact) mass is 271 g/mol. The minimum absolute atomic E-state index is 0. The quantitative estimate of drug-likeness (QED) is 0.575. The fourth-order valence-electron chi connectivity index (χ4n) is 0. The van der Waals surface area contributed by atoms with Crippen LogP contribution in [0.4, 0.5) is 0 Å². The van der Waals surface area contributed by atoms with Gasteiger partial charge >= 0.3 is 26.6 Å². The first-order chi connectivity index (χ1) is 1.91. The van der Waals surface area contributed by atoms with Crippen molar-refractivity contribution in [3.63, 3.8) is 0 Å². The zero-order valence-corrected chi connectivity index (χ0v) is 6.53. The fraction of sp³-hybridized carbons (Fsp3) is 0.500. The summed E-state index contributed by atoms with van der Waals surface area (Å²) in [7, 11) is 0. The number of aliphatic hydroxyl groups excluding tert-OH is 1. The van der Waals surface area contributed by atoms with E-state index in [-0.39, 0.29) is 33.2 Å². The molecule has 0 saturated carbocycles. The summed E-state index contributed by atoms with van der Waals surface area (Å²) >= 11 is 0. The van der Waals surface area contributed by atoms with Gasteiger partial charge < -0.3 is 9.90 Å². The van der Waals surface area contributed by atoms with Gasteiger partial charge in [-0.25, -0.2) is 0 Å². The molecule has 0 aromatic rings. The van der Waals surface area contributed by atoms with Crippen molar-refractivity contribution in [2.24, 2.45) is 0 Å². The molecule has 0 aliphatic heterocycles. The van der Waals surface area contributed by atoms with Gasteiger partial charge in [0.1, 0.15) is 6.29 Å². The summed E-state index contributed by atoms with van der Waals surface area (Å²) in [4.78, 5) is 8.92. The van der Waals surface area contributed by atoms with Crippen LogP contribution in [-0.4, -0.2) is 44.6 Å². The van der Waals surface area contributed by atoms with Crippen LogP contribution in [-0.2, 0) is 4.79 Å². The molecule has 0 amide bonds. The molecule has 1 N–H and O–H groups in total. The zero-order chi connectivity index (χ0) is 3.41. The Hall–Kier alpha value is 0.526. The van der Waals surface area contributed by atoms with Gasteiger partial charge in [0.25, 0.3) is 0 Å². The third kappa shape index (κ3) is 12.4. The van der Waals surface area contributed by atoms with Crippen LogP contribution in [0.1, 0.15) is 0 Å². The molecule has 0 aliphatic rings. The molecule has 0 rings (SSSR count). The van der Waals surface area contributed by atoms with Gasteiger partial charge in [-0.15, -0.1) is 0 Å². The van der Waals surface area contributed by atoms with Crippen LogP contribution in [0.15, 0.2) is 0 Å². The number of aldehydes is 1. The molecule has 0 bridgehead atoms. The number of rotatable bonds is 1. The van der Waals surface area contributed by atoms with Gasteiger partial charge in [-0.05, 0) is 0 Å². The Labute approximate surface area is 49.7 Å². The van der Waals surface area contributed by atoms with E-state index in [2.05, 4.69) is 0 Å². The van der Waals surface area contributed by atoms with E-state index in [0.717, 1.165) is 0 Å². The van der Waals surface area contributed by atoms with Crippen LogP contribution in [0.5, 0.6) is 0 Å². The topological polar surface area (TPSA) is 37.3 Å². The SMILES string of the molecule is O=CCO.[PoH2]. The maximum absolute atomic E-state index is 8.92. The predicted molar refractivity (Wildman–Crippen MR) is 21.7 cm³/mol. The Balaban J connectivity index is 0. The van der Waals surface area contributed by atoms with E-state index in [9.17, 15) is 0 Å². The summed E-state index contributed by atoms with van der Waals surface area (Å²) in [6.07, 6.45) is 0.431. The normalized spacial score (nSPS) is 5.00. The van der Waals surface area contributed by atoms with Crippen LogP contribution in [0.2, 0.25) is 0 Å². The summed E-state index contributed by atoms with van der Waals surface area (Å²) in [5.74, 6) is 0. The van der Waals surface area contributed by atoms with Crippen molar-refractivity contribution in [1.82, 2.24) is 0 Å². The molecule has 0 aliphatic carbocycles. The minimum atomic E-state index is -0.361. The van der Waals surface area contributed by atoms with Crippen molar-refractivity contribution in [3.05, 3.63) is 0 Å². The van der Waals surface area contributed by atoms with E-state index in [1.165, 1.54) is 0 Å². The summed E-state index contributed by atoms with van der Waals surface area (Å²) in [6.45, 7) is -0.361. The first-order valence-corrected chi connectivity index (χ1v) is 0.960. The summed E-state index contributed by atoms with van der Waals surface area (Å²) in [5.41, 5.74) is 0. The van der Waals surface area contributed by atoms with Gasteiger partial charge in [-0.3, -0.25) is 0 Å². The molecule has 0 aromatic heterocycles. The zero-order valence-electron chi connectivity index (χ0n) is 2.64. The van der Waals surface area contributed by atoms with Crippen LogP contribution in [0.3, 0.4) is 0 Å². The molecule has 0 fully saturated rings. The van der Waals surface area contributed by atoms with E-state index in [0.29, 0.717) is 6.29 Å². The third-order valence-corrected chi connectivity index (χ3v) is 0.0745. The average molecular weight is 271 g/mol. The summed E-state index contributed by atoms with van der Waals surface area (Å²) in [6, 6.07) is 0. The Morgan fingerprint density at radius 3 is 2.00 bits per heavy atom. The van der Waals surface area contributed by atoms with E-state index < -0.39 is 0 Å². The molecule has 0 atom stereocenters. The second-order valence-corrected chi connectivity index (χ2v) is 0.349. The standard InChI is InChI=1S/C2H4O2.Po.2H/c3-1-2-4;;;/h1,4H,2H2;;;. The number of carbonyl (C=O) groups excluding carboxylic acids is 1. The predicted octanol–water partition coefficient (Wildman–Crippen LogP) is -1.74. The van der Waals surface area contributed by atoms with Crippen molar-refractivity contribution in [1.29, 1.82) is 0 Å². The molecule has 32 valence electrons. The van der Waals surface area contributed by atoms with Gasteiger partial charge in [0.15, 0.2) is 0 Å². The second-order valence-electron chi connectivity index (χ2n) is 0.349. The number of hydrogen-bond donors (Lipinski definition) is 1. The van der Waals surface area contributed by atoms with Gasteiger partial charge in [0, 0.05) is 0 Å². The molecular weight excluding hydrogens is 265 g/mol. The molecule has 0 unspecified atom stereocenters. The van der Waals surface area contributed by atoms with Crippen LogP contribution < -0.4 is 0 Å². The van der Waals surface area contributed by atoms with E-state index in [4.69, 9.17) is 9.90 Å². The van der Waals surface area contributed by atoms with Crippen LogP contribution in [0, 0.1) is 0 Å². The molecule has 0 aromatic carbocycles. The molecule has 0 saturated heterocycles. The van der Waals surface area contributed by atoms with Gasteiger partial charge in [-0.2, -0.15) is 0 Å². The molecule has 0 spiro atoms. The first kappa shape index (κ1) is 9.10. The van der Waals surface area contributed by atoms with Crippen molar-refractivity contribution in [2.45, 2.75) is 0 Å². The molecular formula is C2H6O2Po. The Morgan fingerprint density at radius 1 is 1.80 bits per heavy atom. The fourth-order valence-corrected chi connectivity index (χ4v) is 0. The molecule has 0 radical (unpaired) electrons. The van der Waals surface area contributed by atoms with Crippen molar-refractivity contribution < 1.29 is 9.90 Å².